The van der Waals surface area contributed by atoms with E-state index < -0.39 is 6.09 Å². The van der Waals surface area contributed by atoms with E-state index in [1.54, 1.807) is 0 Å². The van der Waals surface area contributed by atoms with Gasteiger partial charge in [0.15, 0.2) is 0 Å². The summed E-state index contributed by atoms with van der Waals surface area (Å²) in [6.07, 6.45) is 3.05. The third-order valence-electron chi connectivity index (χ3n) is 3.35. The second kappa shape index (κ2) is 5.01. The van der Waals surface area contributed by atoms with Gasteiger partial charge in [-0.3, -0.25) is 0 Å². The zero-order valence-electron chi connectivity index (χ0n) is 9.26. The van der Waals surface area contributed by atoms with Gasteiger partial charge in [0.25, 0.3) is 0 Å². The van der Waals surface area contributed by atoms with Crippen LogP contribution in [0.1, 0.15) is 30.7 Å². The maximum atomic E-state index is 10.7. The predicted molar refractivity (Wildman–Crippen MR) is 62.1 cm³/mol. The molecule has 0 bridgehead atoms. The first-order chi connectivity index (χ1) is 7.77. The third-order valence-corrected chi connectivity index (χ3v) is 3.35. The van der Waals surface area contributed by atoms with Crippen molar-refractivity contribution >= 4 is 6.09 Å². The number of benzene rings is 1. The number of rotatable bonds is 4. The molecule has 3 heteroatoms. The second-order valence-electron chi connectivity index (χ2n) is 4.34. The van der Waals surface area contributed by atoms with Gasteiger partial charge in [0.2, 0.25) is 0 Å². The molecule has 1 amide bonds. The summed E-state index contributed by atoms with van der Waals surface area (Å²) in [5.74, 6) is 0.948. The Balaban J connectivity index is 2.05. The van der Waals surface area contributed by atoms with E-state index in [2.05, 4.69) is 12.1 Å². The Morgan fingerprint density at radius 1 is 1.38 bits per heavy atom. The Bertz CT molecular complexity index is 346. The summed E-state index contributed by atoms with van der Waals surface area (Å²) in [4.78, 5) is 10.7. The molecule has 1 saturated carbocycles. The molecule has 0 spiro atoms. The summed E-state index contributed by atoms with van der Waals surface area (Å²) in [7, 11) is 0. The highest BCUT2D eigenvalue weighted by Crippen LogP contribution is 2.39. The standard InChI is InChI=1S/C13H17NO2/c14-13(15)16-9-12(11-7-4-8-11)10-5-2-1-3-6-10/h1-3,5-6,11-12H,4,7-9H2,(H2,14,15). The average molecular weight is 219 g/mol. The molecule has 2 N–H and O–H groups in total. The van der Waals surface area contributed by atoms with E-state index in [1.807, 2.05) is 18.2 Å². The fourth-order valence-corrected chi connectivity index (χ4v) is 2.22. The Labute approximate surface area is 95.6 Å². The number of hydrogen-bond acceptors (Lipinski definition) is 2. The first-order valence-electron chi connectivity index (χ1n) is 5.74. The van der Waals surface area contributed by atoms with E-state index in [0.29, 0.717) is 18.4 Å². The summed E-state index contributed by atoms with van der Waals surface area (Å²) in [5, 5.41) is 0. The first-order valence-corrected chi connectivity index (χ1v) is 5.74. The summed E-state index contributed by atoms with van der Waals surface area (Å²) in [6.45, 7) is 0.407. The quantitative estimate of drug-likeness (QED) is 0.846. The molecule has 1 atom stereocenters. The highest BCUT2D eigenvalue weighted by molar-refractivity contribution is 5.64. The van der Waals surface area contributed by atoms with Gasteiger partial charge in [-0.2, -0.15) is 0 Å². The van der Waals surface area contributed by atoms with E-state index in [9.17, 15) is 4.79 Å². The SMILES string of the molecule is NC(=O)OCC(c1ccccc1)C1CCC1. The van der Waals surface area contributed by atoms with Crippen LogP contribution in [0.4, 0.5) is 4.79 Å². The lowest BCUT2D eigenvalue weighted by atomic mass is 9.73. The van der Waals surface area contributed by atoms with E-state index in [4.69, 9.17) is 10.5 Å². The number of ether oxygens (including phenoxy) is 1. The molecule has 0 saturated heterocycles. The van der Waals surface area contributed by atoms with Crippen LogP contribution in [0.2, 0.25) is 0 Å². The van der Waals surface area contributed by atoms with Gasteiger partial charge in [0, 0.05) is 5.92 Å². The largest absolute Gasteiger partial charge is 0.449 e. The average Bonchev–Trinajstić information content (AvgIpc) is 2.22. The Morgan fingerprint density at radius 2 is 2.06 bits per heavy atom. The van der Waals surface area contributed by atoms with E-state index in [1.165, 1.54) is 24.8 Å². The van der Waals surface area contributed by atoms with Crippen LogP contribution in [-0.4, -0.2) is 12.7 Å². The number of hydrogen-bond donors (Lipinski definition) is 1. The normalized spacial score (nSPS) is 17.5. The molecule has 2 rings (SSSR count). The van der Waals surface area contributed by atoms with Gasteiger partial charge in [-0.15, -0.1) is 0 Å². The van der Waals surface area contributed by atoms with Gasteiger partial charge in [0.05, 0.1) is 0 Å². The predicted octanol–water partition coefficient (Wildman–Crippen LogP) is 2.67. The molecular weight excluding hydrogens is 202 g/mol. The van der Waals surface area contributed by atoms with Crippen molar-refractivity contribution in [3.63, 3.8) is 0 Å². The molecule has 1 aliphatic carbocycles. The molecule has 0 heterocycles. The number of amides is 1. The van der Waals surface area contributed by atoms with Gasteiger partial charge < -0.3 is 10.5 Å². The molecule has 1 unspecified atom stereocenters. The van der Waals surface area contributed by atoms with Gasteiger partial charge in [0.1, 0.15) is 6.61 Å². The van der Waals surface area contributed by atoms with Crippen molar-refractivity contribution in [1.29, 1.82) is 0 Å². The van der Waals surface area contributed by atoms with E-state index in [0.717, 1.165) is 0 Å². The molecule has 1 aliphatic rings. The van der Waals surface area contributed by atoms with Gasteiger partial charge in [-0.25, -0.2) is 4.79 Å². The number of carbonyl (C=O) groups excluding carboxylic acids is 1. The zero-order chi connectivity index (χ0) is 11.4. The van der Waals surface area contributed by atoms with Crippen molar-refractivity contribution in [3.05, 3.63) is 35.9 Å². The topological polar surface area (TPSA) is 52.3 Å². The van der Waals surface area contributed by atoms with Crippen LogP contribution in [0.25, 0.3) is 0 Å². The molecule has 3 nitrogen and oxygen atoms in total. The van der Waals surface area contributed by atoms with Crippen LogP contribution in [0.5, 0.6) is 0 Å². The lowest BCUT2D eigenvalue weighted by molar-refractivity contribution is 0.123. The fraction of sp³-hybridized carbons (Fsp3) is 0.462. The van der Waals surface area contributed by atoms with E-state index >= 15 is 0 Å². The van der Waals surface area contributed by atoms with Crippen molar-refractivity contribution in [2.75, 3.05) is 6.61 Å². The van der Waals surface area contributed by atoms with Crippen molar-refractivity contribution in [3.8, 4) is 0 Å². The van der Waals surface area contributed by atoms with Crippen LogP contribution in [-0.2, 0) is 4.74 Å². The smallest absolute Gasteiger partial charge is 0.404 e. The summed E-state index contributed by atoms with van der Waals surface area (Å²) >= 11 is 0. The van der Waals surface area contributed by atoms with Gasteiger partial charge in [-0.05, 0) is 24.3 Å². The van der Waals surface area contributed by atoms with Gasteiger partial charge in [-0.1, -0.05) is 36.8 Å². The minimum Gasteiger partial charge on any atom is -0.449 e. The maximum absolute atomic E-state index is 10.7. The van der Waals surface area contributed by atoms with Crippen molar-refractivity contribution in [2.24, 2.45) is 11.7 Å². The third kappa shape index (κ3) is 2.54. The first kappa shape index (κ1) is 11.0. The van der Waals surface area contributed by atoms with Crippen molar-refractivity contribution in [1.82, 2.24) is 0 Å². The molecule has 1 aromatic rings. The fourth-order valence-electron chi connectivity index (χ4n) is 2.22. The minimum atomic E-state index is -0.680. The Kier molecular flexibility index (Phi) is 3.44. The van der Waals surface area contributed by atoms with Crippen molar-refractivity contribution in [2.45, 2.75) is 25.2 Å². The number of nitrogens with two attached hydrogens (primary N) is 1. The van der Waals surface area contributed by atoms with Gasteiger partial charge >= 0.3 is 6.09 Å². The van der Waals surface area contributed by atoms with Crippen LogP contribution in [0, 0.1) is 5.92 Å². The molecule has 0 radical (unpaired) electrons. The highest BCUT2D eigenvalue weighted by atomic mass is 16.5. The summed E-state index contributed by atoms with van der Waals surface area (Å²) < 4.78 is 4.95. The molecule has 0 aromatic heterocycles. The molecular formula is C13H17NO2. The molecule has 0 aliphatic heterocycles. The van der Waals surface area contributed by atoms with Crippen LogP contribution in [0.3, 0.4) is 0 Å². The van der Waals surface area contributed by atoms with Crippen LogP contribution >= 0.6 is 0 Å². The molecule has 1 aromatic carbocycles. The second-order valence-corrected chi connectivity index (χ2v) is 4.34. The van der Waals surface area contributed by atoms with Crippen molar-refractivity contribution < 1.29 is 9.53 Å². The maximum Gasteiger partial charge on any atom is 0.404 e. The van der Waals surface area contributed by atoms with Crippen LogP contribution in [0.15, 0.2) is 30.3 Å². The van der Waals surface area contributed by atoms with Crippen LogP contribution < -0.4 is 5.73 Å². The lowest BCUT2D eigenvalue weighted by Crippen LogP contribution is -2.26. The van der Waals surface area contributed by atoms with E-state index in [-0.39, 0.29) is 0 Å². The zero-order valence-corrected chi connectivity index (χ0v) is 9.26. The number of carbonyl (C=O) groups is 1. The Morgan fingerprint density at radius 3 is 2.56 bits per heavy atom. The monoisotopic (exact) mass is 219 g/mol. The number of primary amides is 1. The molecule has 86 valence electrons. The molecule has 16 heavy (non-hydrogen) atoms. The lowest BCUT2D eigenvalue weighted by Gasteiger charge is -2.33. The summed E-state index contributed by atoms with van der Waals surface area (Å²) in [5.41, 5.74) is 6.26. The highest BCUT2D eigenvalue weighted by Gasteiger charge is 2.29. The minimum absolute atomic E-state index is 0.308. The Hall–Kier alpha value is -1.51. The summed E-state index contributed by atoms with van der Waals surface area (Å²) in [6, 6.07) is 10.2. The molecule has 1 fully saturated rings.